The summed E-state index contributed by atoms with van der Waals surface area (Å²) < 4.78 is 27.0. The van der Waals surface area contributed by atoms with Crippen LogP contribution in [0.5, 0.6) is 0 Å². The van der Waals surface area contributed by atoms with Gasteiger partial charge >= 0.3 is 0 Å². The number of nitrogens with one attached hydrogen (secondary N) is 1. The van der Waals surface area contributed by atoms with Crippen molar-refractivity contribution in [2.45, 2.75) is 38.6 Å². The number of benzene rings is 1. The molecule has 1 aromatic carbocycles. The predicted molar refractivity (Wildman–Crippen MR) is 78.3 cm³/mol. The molecule has 0 aromatic heterocycles. The van der Waals surface area contributed by atoms with Crippen molar-refractivity contribution >= 4 is 15.7 Å². The number of para-hydroxylation sites is 1. The zero-order chi connectivity index (χ0) is 13.7. The molecule has 0 atom stereocenters. The van der Waals surface area contributed by atoms with Gasteiger partial charge in [-0.2, -0.15) is 0 Å². The molecule has 1 aliphatic carbocycles. The van der Waals surface area contributed by atoms with Crippen molar-refractivity contribution in [3.05, 3.63) is 29.8 Å². The van der Waals surface area contributed by atoms with E-state index in [4.69, 9.17) is 5.73 Å². The van der Waals surface area contributed by atoms with Crippen LogP contribution in [0.2, 0.25) is 0 Å². The SMILES string of the molecule is NCc1ccccc1NS(=O)(=O)CC1CCCCC1. The van der Waals surface area contributed by atoms with E-state index in [0.29, 0.717) is 18.2 Å². The Hall–Kier alpha value is -1.07. The fourth-order valence-electron chi connectivity index (χ4n) is 2.67. The highest BCUT2D eigenvalue weighted by Crippen LogP contribution is 2.26. The van der Waals surface area contributed by atoms with Crippen molar-refractivity contribution in [3.8, 4) is 0 Å². The standard InChI is InChI=1S/C14H22N2O2S/c15-10-13-8-4-5-9-14(13)16-19(17,18)11-12-6-2-1-3-7-12/h4-5,8-9,12,16H,1-3,6-7,10-11,15H2. The summed E-state index contributed by atoms with van der Waals surface area (Å²) >= 11 is 0. The molecule has 0 bridgehead atoms. The second-order valence-electron chi connectivity index (χ2n) is 5.25. The highest BCUT2D eigenvalue weighted by Gasteiger charge is 2.21. The molecule has 0 radical (unpaired) electrons. The van der Waals surface area contributed by atoms with Gasteiger partial charge in [-0.25, -0.2) is 8.42 Å². The Morgan fingerprint density at radius 1 is 1.16 bits per heavy atom. The van der Waals surface area contributed by atoms with E-state index >= 15 is 0 Å². The van der Waals surface area contributed by atoms with Crippen LogP contribution >= 0.6 is 0 Å². The Morgan fingerprint density at radius 3 is 2.53 bits per heavy atom. The number of rotatable bonds is 5. The van der Waals surface area contributed by atoms with E-state index in [9.17, 15) is 8.42 Å². The summed E-state index contributed by atoms with van der Waals surface area (Å²) in [4.78, 5) is 0. The molecule has 0 spiro atoms. The van der Waals surface area contributed by atoms with Gasteiger partial charge in [0.25, 0.3) is 0 Å². The zero-order valence-electron chi connectivity index (χ0n) is 11.1. The first kappa shape index (κ1) is 14.3. The lowest BCUT2D eigenvalue weighted by Gasteiger charge is -2.22. The van der Waals surface area contributed by atoms with E-state index in [1.165, 1.54) is 6.42 Å². The molecule has 0 aliphatic heterocycles. The Balaban J connectivity index is 2.03. The average molecular weight is 282 g/mol. The van der Waals surface area contributed by atoms with Crippen LogP contribution in [0.15, 0.2) is 24.3 Å². The molecule has 3 N–H and O–H groups in total. The number of anilines is 1. The minimum atomic E-state index is -3.27. The van der Waals surface area contributed by atoms with Crippen molar-refractivity contribution < 1.29 is 8.42 Å². The third-order valence-corrected chi connectivity index (χ3v) is 5.12. The normalized spacial score (nSPS) is 17.3. The number of nitrogens with two attached hydrogens (primary N) is 1. The van der Waals surface area contributed by atoms with Gasteiger partial charge in [0.1, 0.15) is 0 Å². The molecular weight excluding hydrogens is 260 g/mol. The topological polar surface area (TPSA) is 72.2 Å². The fourth-order valence-corrected chi connectivity index (χ4v) is 4.24. The molecule has 0 saturated heterocycles. The van der Waals surface area contributed by atoms with Crippen LogP contribution in [0.4, 0.5) is 5.69 Å². The fraction of sp³-hybridized carbons (Fsp3) is 0.571. The van der Waals surface area contributed by atoms with E-state index in [-0.39, 0.29) is 5.75 Å². The molecule has 1 saturated carbocycles. The van der Waals surface area contributed by atoms with Gasteiger partial charge in [-0.15, -0.1) is 0 Å². The maximum atomic E-state index is 12.2. The third-order valence-electron chi connectivity index (χ3n) is 3.68. The Labute approximate surface area is 115 Å². The summed E-state index contributed by atoms with van der Waals surface area (Å²) in [6.07, 6.45) is 5.60. The number of hydrogen-bond acceptors (Lipinski definition) is 3. The maximum absolute atomic E-state index is 12.2. The van der Waals surface area contributed by atoms with Gasteiger partial charge in [0.15, 0.2) is 0 Å². The Morgan fingerprint density at radius 2 is 1.84 bits per heavy atom. The largest absolute Gasteiger partial charge is 0.326 e. The minimum Gasteiger partial charge on any atom is -0.326 e. The van der Waals surface area contributed by atoms with Crippen molar-refractivity contribution in [1.82, 2.24) is 0 Å². The second-order valence-corrected chi connectivity index (χ2v) is 7.02. The van der Waals surface area contributed by atoms with Crippen LogP contribution in [0.3, 0.4) is 0 Å². The van der Waals surface area contributed by atoms with E-state index < -0.39 is 10.0 Å². The third kappa shape index (κ3) is 4.21. The van der Waals surface area contributed by atoms with Gasteiger partial charge in [-0.3, -0.25) is 4.72 Å². The maximum Gasteiger partial charge on any atom is 0.233 e. The van der Waals surface area contributed by atoms with Gasteiger partial charge in [0.2, 0.25) is 10.0 Å². The Bertz CT molecular complexity index is 508. The zero-order valence-corrected chi connectivity index (χ0v) is 12.0. The molecule has 4 nitrogen and oxygen atoms in total. The van der Waals surface area contributed by atoms with Crippen LogP contribution in [0.1, 0.15) is 37.7 Å². The first-order valence-electron chi connectivity index (χ1n) is 6.89. The first-order chi connectivity index (χ1) is 9.11. The van der Waals surface area contributed by atoms with Crippen molar-refractivity contribution in [3.63, 3.8) is 0 Å². The molecule has 1 aromatic rings. The van der Waals surface area contributed by atoms with E-state index in [2.05, 4.69) is 4.72 Å². The lowest BCUT2D eigenvalue weighted by molar-refractivity contribution is 0.385. The molecule has 106 valence electrons. The van der Waals surface area contributed by atoms with E-state index in [1.807, 2.05) is 18.2 Å². The summed E-state index contributed by atoms with van der Waals surface area (Å²) in [5.41, 5.74) is 7.06. The quantitative estimate of drug-likeness (QED) is 0.871. The van der Waals surface area contributed by atoms with Crippen LogP contribution in [-0.2, 0) is 16.6 Å². The second kappa shape index (κ2) is 6.39. The first-order valence-corrected chi connectivity index (χ1v) is 8.54. The van der Waals surface area contributed by atoms with Gasteiger partial charge in [0, 0.05) is 6.54 Å². The van der Waals surface area contributed by atoms with Gasteiger partial charge in [-0.05, 0) is 30.4 Å². The van der Waals surface area contributed by atoms with Crippen molar-refractivity contribution in [2.75, 3.05) is 10.5 Å². The summed E-state index contributed by atoms with van der Waals surface area (Å²) in [6.45, 7) is 0.335. The molecule has 0 unspecified atom stereocenters. The highest BCUT2D eigenvalue weighted by molar-refractivity contribution is 7.92. The Kier molecular flexibility index (Phi) is 4.82. The molecule has 1 aliphatic rings. The summed E-state index contributed by atoms with van der Waals surface area (Å²) in [7, 11) is -3.27. The molecule has 0 heterocycles. The van der Waals surface area contributed by atoms with Crippen molar-refractivity contribution in [1.29, 1.82) is 0 Å². The lowest BCUT2D eigenvalue weighted by atomic mass is 9.91. The monoisotopic (exact) mass is 282 g/mol. The molecular formula is C14H22N2O2S. The van der Waals surface area contributed by atoms with Crippen LogP contribution in [0, 0.1) is 5.92 Å². The number of hydrogen-bond donors (Lipinski definition) is 2. The van der Waals surface area contributed by atoms with Gasteiger partial charge in [-0.1, -0.05) is 37.5 Å². The highest BCUT2D eigenvalue weighted by atomic mass is 32.2. The molecule has 19 heavy (non-hydrogen) atoms. The van der Waals surface area contributed by atoms with Crippen LogP contribution in [-0.4, -0.2) is 14.2 Å². The average Bonchev–Trinajstić information content (AvgIpc) is 2.39. The lowest BCUT2D eigenvalue weighted by Crippen LogP contribution is -2.24. The minimum absolute atomic E-state index is 0.228. The van der Waals surface area contributed by atoms with Crippen molar-refractivity contribution in [2.24, 2.45) is 11.7 Å². The summed E-state index contributed by atoms with van der Waals surface area (Å²) in [6, 6.07) is 7.29. The predicted octanol–water partition coefficient (Wildman–Crippen LogP) is 2.47. The molecule has 0 amide bonds. The number of sulfonamides is 1. The summed E-state index contributed by atoms with van der Waals surface area (Å²) in [5, 5.41) is 0. The smallest absolute Gasteiger partial charge is 0.233 e. The van der Waals surface area contributed by atoms with E-state index in [0.717, 1.165) is 31.2 Å². The molecule has 5 heteroatoms. The van der Waals surface area contributed by atoms with Gasteiger partial charge in [0.05, 0.1) is 11.4 Å². The summed E-state index contributed by atoms with van der Waals surface area (Å²) in [5.74, 6) is 0.530. The van der Waals surface area contributed by atoms with Gasteiger partial charge < -0.3 is 5.73 Å². The molecule has 2 rings (SSSR count). The van der Waals surface area contributed by atoms with Crippen LogP contribution < -0.4 is 10.5 Å². The van der Waals surface area contributed by atoms with E-state index in [1.54, 1.807) is 6.07 Å². The molecule has 1 fully saturated rings. The van der Waals surface area contributed by atoms with Crippen LogP contribution in [0.25, 0.3) is 0 Å².